The first-order valence-corrected chi connectivity index (χ1v) is 7.80. The number of hydrogen-bond acceptors (Lipinski definition) is 4. The zero-order valence-corrected chi connectivity index (χ0v) is 13.0. The van der Waals surface area contributed by atoms with E-state index in [2.05, 4.69) is 29.0 Å². The Morgan fingerprint density at radius 3 is 2.74 bits per heavy atom. The Labute approximate surface area is 119 Å². The van der Waals surface area contributed by atoms with Crippen molar-refractivity contribution in [2.24, 2.45) is 0 Å². The second-order valence-corrected chi connectivity index (χ2v) is 6.59. The molecule has 1 saturated carbocycles. The Kier molecular flexibility index (Phi) is 4.58. The van der Waals surface area contributed by atoms with Crippen LogP contribution in [0.4, 0.5) is 0 Å². The number of carbonyl (C=O) groups is 1. The maximum absolute atomic E-state index is 11.9. The predicted molar refractivity (Wildman–Crippen MR) is 78.4 cm³/mol. The highest BCUT2D eigenvalue weighted by molar-refractivity contribution is 7.09. The number of thiazole rings is 1. The van der Waals surface area contributed by atoms with Crippen LogP contribution >= 0.6 is 11.3 Å². The summed E-state index contributed by atoms with van der Waals surface area (Å²) in [6.45, 7) is 6.75. The molecule has 1 amide bonds. The lowest BCUT2D eigenvalue weighted by atomic mass is 10.2. The molecule has 1 atom stereocenters. The lowest BCUT2D eigenvalue weighted by molar-refractivity contribution is -0.122. The molecule has 0 aliphatic heterocycles. The summed E-state index contributed by atoms with van der Waals surface area (Å²) in [5.74, 6) is 0.531. The van der Waals surface area contributed by atoms with Gasteiger partial charge in [0.15, 0.2) is 0 Å². The SMILES string of the molecule is CC(C)c1nc([C@H](C)NC(=O)CN(C)C2CC2)cs1. The van der Waals surface area contributed by atoms with Gasteiger partial charge in [0.1, 0.15) is 0 Å². The van der Waals surface area contributed by atoms with Crippen LogP contribution in [0.3, 0.4) is 0 Å². The van der Waals surface area contributed by atoms with E-state index in [-0.39, 0.29) is 11.9 Å². The van der Waals surface area contributed by atoms with Crippen molar-refractivity contribution in [1.82, 2.24) is 15.2 Å². The molecule has 106 valence electrons. The fourth-order valence-electron chi connectivity index (χ4n) is 2.00. The summed E-state index contributed by atoms with van der Waals surface area (Å²) in [6, 6.07) is 0.608. The number of carbonyl (C=O) groups excluding carboxylic acids is 1. The van der Waals surface area contributed by atoms with Gasteiger partial charge in [0.2, 0.25) is 5.91 Å². The average Bonchev–Trinajstić information content (AvgIpc) is 3.05. The van der Waals surface area contributed by atoms with Gasteiger partial charge in [-0.3, -0.25) is 9.69 Å². The van der Waals surface area contributed by atoms with Crippen LogP contribution in [-0.2, 0) is 4.79 Å². The van der Waals surface area contributed by atoms with E-state index in [1.165, 1.54) is 12.8 Å². The van der Waals surface area contributed by atoms with Crippen LogP contribution in [0.2, 0.25) is 0 Å². The standard InChI is InChI=1S/C14H23N3OS/c1-9(2)14-16-12(8-19-14)10(3)15-13(18)7-17(4)11-5-6-11/h8-11H,5-7H2,1-4H3,(H,15,18)/t10-/m0/s1. The van der Waals surface area contributed by atoms with E-state index in [0.717, 1.165) is 10.7 Å². The van der Waals surface area contributed by atoms with Gasteiger partial charge >= 0.3 is 0 Å². The predicted octanol–water partition coefficient (Wildman–Crippen LogP) is 2.54. The number of aromatic nitrogens is 1. The van der Waals surface area contributed by atoms with Gasteiger partial charge in [-0.1, -0.05) is 13.8 Å². The molecule has 1 N–H and O–H groups in total. The summed E-state index contributed by atoms with van der Waals surface area (Å²) < 4.78 is 0. The van der Waals surface area contributed by atoms with Gasteiger partial charge in [0.05, 0.1) is 23.3 Å². The van der Waals surface area contributed by atoms with Crippen LogP contribution in [0.15, 0.2) is 5.38 Å². The third-order valence-corrected chi connectivity index (χ3v) is 4.58. The molecule has 1 fully saturated rings. The second-order valence-electron chi connectivity index (χ2n) is 5.70. The Hall–Kier alpha value is -0.940. The molecule has 1 aromatic heterocycles. The highest BCUT2D eigenvalue weighted by atomic mass is 32.1. The lowest BCUT2D eigenvalue weighted by Crippen LogP contribution is -2.37. The topological polar surface area (TPSA) is 45.2 Å². The van der Waals surface area contributed by atoms with Gasteiger partial charge in [-0.15, -0.1) is 11.3 Å². The highest BCUT2D eigenvalue weighted by Gasteiger charge is 2.27. The van der Waals surface area contributed by atoms with Gasteiger partial charge in [-0.05, 0) is 26.8 Å². The van der Waals surface area contributed by atoms with Crippen LogP contribution in [0.1, 0.15) is 56.3 Å². The van der Waals surface area contributed by atoms with E-state index >= 15 is 0 Å². The van der Waals surface area contributed by atoms with Crippen molar-refractivity contribution in [3.8, 4) is 0 Å². The molecular weight excluding hydrogens is 258 g/mol. The normalized spacial score (nSPS) is 16.9. The Morgan fingerprint density at radius 2 is 2.21 bits per heavy atom. The summed E-state index contributed by atoms with van der Waals surface area (Å²) in [5.41, 5.74) is 0.969. The van der Waals surface area contributed by atoms with Crippen molar-refractivity contribution in [1.29, 1.82) is 0 Å². The summed E-state index contributed by atoms with van der Waals surface area (Å²) in [6.07, 6.45) is 2.45. The zero-order valence-electron chi connectivity index (χ0n) is 12.1. The minimum Gasteiger partial charge on any atom is -0.347 e. The quantitative estimate of drug-likeness (QED) is 0.871. The number of nitrogens with one attached hydrogen (secondary N) is 1. The van der Waals surface area contributed by atoms with E-state index in [4.69, 9.17) is 0 Å². The summed E-state index contributed by atoms with van der Waals surface area (Å²) in [7, 11) is 2.02. The fourth-order valence-corrected chi connectivity index (χ4v) is 2.93. The average molecular weight is 281 g/mol. The third-order valence-electron chi connectivity index (χ3n) is 3.42. The van der Waals surface area contributed by atoms with Gasteiger partial charge in [0.25, 0.3) is 0 Å². The van der Waals surface area contributed by atoms with E-state index in [9.17, 15) is 4.79 Å². The Bertz CT molecular complexity index is 440. The number of rotatable bonds is 6. The highest BCUT2D eigenvalue weighted by Crippen LogP contribution is 2.25. The third kappa shape index (κ3) is 4.01. The zero-order chi connectivity index (χ0) is 14.0. The van der Waals surface area contributed by atoms with Crippen molar-refractivity contribution in [3.63, 3.8) is 0 Å². The molecule has 4 nitrogen and oxygen atoms in total. The lowest BCUT2D eigenvalue weighted by Gasteiger charge is -2.17. The number of likely N-dealkylation sites (N-methyl/N-ethyl adjacent to an activating group) is 1. The molecule has 1 aliphatic rings. The maximum Gasteiger partial charge on any atom is 0.234 e. The van der Waals surface area contributed by atoms with Crippen molar-refractivity contribution in [2.45, 2.75) is 51.6 Å². The smallest absolute Gasteiger partial charge is 0.234 e. The van der Waals surface area contributed by atoms with Gasteiger partial charge in [-0.2, -0.15) is 0 Å². The Morgan fingerprint density at radius 1 is 1.53 bits per heavy atom. The van der Waals surface area contributed by atoms with E-state index < -0.39 is 0 Å². The summed E-state index contributed by atoms with van der Waals surface area (Å²) >= 11 is 1.67. The molecule has 0 aromatic carbocycles. The first kappa shape index (κ1) is 14.5. The first-order chi connectivity index (χ1) is 8.97. The summed E-state index contributed by atoms with van der Waals surface area (Å²) in [5, 5.41) is 6.20. The molecule has 0 radical (unpaired) electrons. The van der Waals surface area contributed by atoms with Crippen molar-refractivity contribution in [2.75, 3.05) is 13.6 Å². The molecular formula is C14H23N3OS. The van der Waals surface area contributed by atoms with Gasteiger partial charge in [0, 0.05) is 17.3 Å². The molecule has 0 saturated heterocycles. The van der Waals surface area contributed by atoms with E-state index in [0.29, 0.717) is 18.5 Å². The number of hydrogen-bond donors (Lipinski definition) is 1. The molecule has 5 heteroatoms. The minimum absolute atomic E-state index is 0.0103. The van der Waals surface area contributed by atoms with E-state index in [1.807, 2.05) is 19.4 Å². The van der Waals surface area contributed by atoms with Crippen molar-refractivity contribution < 1.29 is 4.79 Å². The molecule has 1 heterocycles. The maximum atomic E-state index is 11.9. The van der Waals surface area contributed by atoms with E-state index in [1.54, 1.807) is 11.3 Å². The fraction of sp³-hybridized carbons (Fsp3) is 0.714. The molecule has 1 aliphatic carbocycles. The van der Waals surface area contributed by atoms with Crippen molar-refractivity contribution >= 4 is 17.2 Å². The number of nitrogens with zero attached hydrogens (tertiary/aromatic N) is 2. The summed E-state index contributed by atoms with van der Waals surface area (Å²) in [4.78, 5) is 18.6. The van der Waals surface area contributed by atoms with Crippen LogP contribution in [0, 0.1) is 0 Å². The monoisotopic (exact) mass is 281 g/mol. The van der Waals surface area contributed by atoms with Crippen LogP contribution in [0.5, 0.6) is 0 Å². The molecule has 0 bridgehead atoms. The van der Waals surface area contributed by atoms with Gasteiger partial charge in [-0.25, -0.2) is 4.98 Å². The van der Waals surface area contributed by atoms with Crippen LogP contribution in [-0.4, -0.2) is 35.4 Å². The second kappa shape index (κ2) is 6.01. The first-order valence-electron chi connectivity index (χ1n) is 6.92. The molecule has 19 heavy (non-hydrogen) atoms. The van der Waals surface area contributed by atoms with Crippen LogP contribution < -0.4 is 5.32 Å². The molecule has 2 rings (SSSR count). The molecule has 0 spiro atoms. The van der Waals surface area contributed by atoms with Crippen molar-refractivity contribution in [3.05, 3.63) is 16.1 Å². The molecule has 1 aromatic rings. The van der Waals surface area contributed by atoms with Crippen LogP contribution in [0.25, 0.3) is 0 Å². The van der Waals surface area contributed by atoms with Gasteiger partial charge < -0.3 is 5.32 Å². The number of amides is 1. The minimum atomic E-state index is -0.0103. The Balaban J connectivity index is 1.84. The molecule has 0 unspecified atom stereocenters. The largest absolute Gasteiger partial charge is 0.347 e.